The predicted octanol–water partition coefficient (Wildman–Crippen LogP) is 3.54. The maximum absolute atomic E-state index is 14.0. The van der Waals surface area contributed by atoms with Crippen molar-refractivity contribution in [1.29, 1.82) is 0 Å². The molecule has 1 aliphatic rings. The molecule has 12 nitrogen and oxygen atoms in total. The molecule has 0 saturated carbocycles. The lowest BCUT2D eigenvalue weighted by Crippen LogP contribution is -2.57. The van der Waals surface area contributed by atoms with Crippen LogP contribution in [0.15, 0.2) is 77.8 Å². The Kier molecular flexibility index (Phi) is 12.2. The van der Waals surface area contributed by atoms with Crippen LogP contribution in [0.2, 0.25) is 5.02 Å². The number of pyridine rings is 1. The number of sulfonamides is 1. The van der Waals surface area contributed by atoms with Crippen molar-refractivity contribution in [2.45, 2.75) is 63.7 Å². The van der Waals surface area contributed by atoms with Crippen LogP contribution in [0.25, 0.3) is 0 Å². The van der Waals surface area contributed by atoms with Gasteiger partial charge in [0.1, 0.15) is 12.6 Å². The molecule has 0 unspecified atom stereocenters. The summed E-state index contributed by atoms with van der Waals surface area (Å²) in [5.41, 5.74) is 7.33. The molecule has 0 spiro atoms. The summed E-state index contributed by atoms with van der Waals surface area (Å²) >= 11 is 6.04. The number of aliphatic hydroxyl groups excluding tert-OH is 1. The largest absolute Gasteiger partial charge is 0.397 e. The number of amides is 4. The van der Waals surface area contributed by atoms with Gasteiger partial charge in [-0.15, -0.1) is 0 Å². The Balaban J connectivity index is 1.60. The van der Waals surface area contributed by atoms with Crippen molar-refractivity contribution in [3.05, 3.63) is 89.2 Å². The Morgan fingerprint density at radius 2 is 1.73 bits per heavy atom. The minimum atomic E-state index is -4.13. The van der Waals surface area contributed by atoms with Crippen molar-refractivity contribution in [3.63, 3.8) is 0 Å². The third-order valence-corrected chi connectivity index (χ3v) is 10.2. The number of nitrogens with zero attached hydrogens (tertiary/aromatic N) is 4. The first-order chi connectivity index (χ1) is 22.7. The Bertz CT molecular complexity index is 1690. The number of carbonyl (C=O) groups is 3. The molecular weight excluding hydrogens is 656 g/mol. The van der Waals surface area contributed by atoms with Gasteiger partial charge in [0.15, 0.2) is 0 Å². The summed E-state index contributed by atoms with van der Waals surface area (Å²) in [5, 5.41) is 14.8. The van der Waals surface area contributed by atoms with Crippen LogP contribution in [0.1, 0.15) is 39.0 Å². The summed E-state index contributed by atoms with van der Waals surface area (Å²) in [4.78, 5) is 46.9. The Morgan fingerprint density at radius 3 is 2.33 bits per heavy atom. The number of nitrogen functional groups attached to an aromatic ring is 1. The molecule has 4 rings (SSSR count). The molecule has 0 bridgehead atoms. The van der Waals surface area contributed by atoms with Crippen LogP contribution in [0.3, 0.4) is 0 Å². The first-order valence-electron chi connectivity index (χ1n) is 15.8. The highest BCUT2D eigenvalue weighted by Crippen LogP contribution is 2.26. The molecule has 0 aliphatic carbocycles. The normalized spacial score (nSPS) is 15.8. The van der Waals surface area contributed by atoms with Crippen LogP contribution in [0.4, 0.5) is 10.5 Å². The number of rotatable bonds is 15. The molecule has 4 N–H and O–H groups in total. The van der Waals surface area contributed by atoms with Crippen LogP contribution in [-0.4, -0.2) is 88.3 Å². The number of urea groups is 1. The van der Waals surface area contributed by atoms with E-state index < -0.39 is 52.0 Å². The molecule has 1 saturated heterocycles. The van der Waals surface area contributed by atoms with Gasteiger partial charge in [0.05, 0.1) is 40.0 Å². The SMILES string of the molecule is CC(C)CN(C[C@H](O)[C@H](Cc1ccccc1)NC(=O)[C@H](C(C)C)N1CC(=O)N(Cc2ccccn2)C1=O)S(=O)(=O)c1ccc(Cl)c(N)c1. The van der Waals surface area contributed by atoms with E-state index in [9.17, 15) is 27.9 Å². The quantitative estimate of drug-likeness (QED) is 0.160. The molecule has 1 fully saturated rings. The third kappa shape index (κ3) is 8.90. The van der Waals surface area contributed by atoms with Crippen molar-refractivity contribution in [2.75, 3.05) is 25.4 Å². The lowest BCUT2D eigenvalue weighted by molar-refractivity contribution is -0.129. The van der Waals surface area contributed by atoms with Crippen molar-refractivity contribution in [2.24, 2.45) is 11.8 Å². The third-order valence-electron chi connectivity index (χ3n) is 8.02. The lowest BCUT2D eigenvalue weighted by Gasteiger charge is -2.34. The van der Waals surface area contributed by atoms with Gasteiger partial charge in [-0.25, -0.2) is 13.2 Å². The van der Waals surface area contributed by atoms with Crippen molar-refractivity contribution >= 4 is 45.2 Å². The molecular formula is C34H43ClN6O6S. The van der Waals surface area contributed by atoms with E-state index in [2.05, 4.69) is 10.3 Å². The van der Waals surface area contributed by atoms with E-state index in [4.69, 9.17) is 17.3 Å². The summed E-state index contributed by atoms with van der Waals surface area (Å²) in [7, 11) is -4.13. The first kappa shape index (κ1) is 36.8. The van der Waals surface area contributed by atoms with Gasteiger partial charge < -0.3 is 21.1 Å². The number of hydrogen-bond donors (Lipinski definition) is 3. The van der Waals surface area contributed by atoms with E-state index in [0.717, 1.165) is 10.5 Å². The van der Waals surface area contributed by atoms with E-state index in [1.807, 2.05) is 44.2 Å². The molecule has 2 heterocycles. The number of halogens is 1. The molecule has 1 aliphatic heterocycles. The van der Waals surface area contributed by atoms with Gasteiger partial charge in [-0.05, 0) is 54.2 Å². The summed E-state index contributed by atoms with van der Waals surface area (Å²) in [5.74, 6) is -1.53. The maximum Gasteiger partial charge on any atom is 0.328 e. The van der Waals surface area contributed by atoms with Crippen LogP contribution in [0.5, 0.6) is 0 Å². The average Bonchev–Trinajstić information content (AvgIpc) is 3.30. The smallest absolute Gasteiger partial charge is 0.328 e. The number of anilines is 1. The lowest BCUT2D eigenvalue weighted by atomic mass is 9.97. The van der Waals surface area contributed by atoms with E-state index >= 15 is 0 Å². The van der Waals surface area contributed by atoms with Gasteiger partial charge in [0.2, 0.25) is 15.9 Å². The number of imide groups is 1. The van der Waals surface area contributed by atoms with Crippen LogP contribution >= 0.6 is 11.6 Å². The molecule has 1 aromatic heterocycles. The highest BCUT2D eigenvalue weighted by atomic mass is 35.5. The molecule has 3 atom stereocenters. The number of carbonyl (C=O) groups excluding carboxylic acids is 3. The molecule has 48 heavy (non-hydrogen) atoms. The van der Waals surface area contributed by atoms with E-state index in [1.54, 1.807) is 38.2 Å². The number of benzene rings is 2. The standard InChI is InChI=1S/C34H43ClN6O6S/c1-22(2)18-39(48(46,47)26-13-14-27(35)28(36)17-26)20-30(42)29(16-24-10-6-5-7-11-24)38-33(44)32(23(3)4)41-21-31(43)40(34(41)45)19-25-12-8-9-15-37-25/h5-15,17,22-23,29-30,32,42H,16,18-21,36H2,1-4H3,(H,38,44)/t29-,30-,32-/m0/s1. The highest BCUT2D eigenvalue weighted by molar-refractivity contribution is 7.89. The van der Waals surface area contributed by atoms with Gasteiger partial charge in [0.25, 0.3) is 5.91 Å². The fourth-order valence-electron chi connectivity index (χ4n) is 5.66. The maximum atomic E-state index is 14.0. The van der Waals surface area contributed by atoms with Crippen molar-refractivity contribution < 1.29 is 27.9 Å². The zero-order chi connectivity index (χ0) is 35.2. The Labute approximate surface area is 286 Å². The van der Waals surface area contributed by atoms with Crippen LogP contribution < -0.4 is 11.1 Å². The van der Waals surface area contributed by atoms with Gasteiger partial charge in [0, 0.05) is 19.3 Å². The average molecular weight is 699 g/mol. The second kappa shape index (κ2) is 15.9. The van der Waals surface area contributed by atoms with Gasteiger partial charge in [-0.1, -0.05) is 75.7 Å². The number of nitrogens with two attached hydrogens (primary N) is 1. The first-order valence-corrected chi connectivity index (χ1v) is 17.6. The molecule has 2 aromatic carbocycles. The minimum absolute atomic E-state index is 0.0315. The number of aliphatic hydroxyl groups is 1. The molecule has 3 aromatic rings. The van der Waals surface area contributed by atoms with Crippen molar-refractivity contribution in [3.8, 4) is 0 Å². The van der Waals surface area contributed by atoms with E-state index in [1.165, 1.54) is 27.4 Å². The molecule has 258 valence electrons. The number of aromatic nitrogens is 1. The fraction of sp³-hybridized carbons (Fsp3) is 0.412. The second-order valence-corrected chi connectivity index (χ2v) is 15.0. The minimum Gasteiger partial charge on any atom is -0.397 e. The van der Waals surface area contributed by atoms with Crippen LogP contribution in [-0.2, 0) is 32.6 Å². The zero-order valence-corrected chi connectivity index (χ0v) is 29.1. The fourth-order valence-corrected chi connectivity index (χ4v) is 7.43. The van der Waals surface area contributed by atoms with Crippen LogP contribution in [0, 0.1) is 11.8 Å². The summed E-state index contributed by atoms with van der Waals surface area (Å²) in [6.07, 6.45) is 0.372. The summed E-state index contributed by atoms with van der Waals surface area (Å²) in [6.45, 7) is 6.65. The monoisotopic (exact) mass is 698 g/mol. The number of hydrogen-bond acceptors (Lipinski definition) is 8. The number of nitrogens with one attached hydrogen (secondary N) is 1. The predicted molar refractivity (Wildman–Crippen MR) is 183 cm³/mol. The van der Waals surface area contributed by atoms with Gasteiger partial charge in [-0.3, -0.25) is 19.5 Å². The van der Waals surface area contributed by atoms with Gasteiger partial charge >= 0.3 is 6.03 Å². The second-order valence-electron chi connectivity index (χ2n) is 12.7. The highest BCUT2D eigenvalue weighted by Gasteiger charge is 2.44. The van der Waals surface area contributed by atoms with Gasteiger partial charge in [-0.2, -0.15) is 4.31 Å². The van der Waals surface area contributed by atoms with E-state index in [0.29, 0.717) is 5.69 Å². The Hall–Kier alpha value is -4.04. The molecule has 4 amide bonds. The summed E-state index contributed by atoms with van der Waals surface area (Å²) < 4.78 is 28.8. The topological polar surface area (TPSA) is 166 Å². The summed E-state index contributed by atoms with van der Waals surface area (Å²) in [6, 6.07) is 15.8. The zero-order valence-electron chi connectivity index (χ0n) is 27.5. The van der Waals surface area contributed by atoms with Crippen molar-refractivity contribution in [1.82, 2.24) is 24.4 Å². The molecule has 0 radical (unpaired) electrons. The molecule has 14 heteroatoms. The Morgan fingerprint density at radius 1 is 1.04 bits per heavy atom. The van der Waals surface area contributed by atoms with E-state index in [-0.39, 0.29) is 54.1 Å².